The average molecular weight is 301 g/mol. The van der Waals surface area contributed by atoms with Crippen molar-refractivity contribution in [3.63, 3.8) is 0 Å². The second kappa shape index (κ2) is 5.19. The minimum Gasteiger partial charge on any atom is -0.475 e. The van der Waals surface area contributed by atoms with Gasteiger partial charge in [0.2, 0.25) is 0 Å². The molecule has 2 rings (SSSR count). The predicted octanol–water partition coefficient (Wildman–Crippen LogP) is 1.40. The molecule has 0 radical (unpaired) electrons. The zero-order valence-electron chi connectivity index (χ0n) is 10.6. The first-order valence-electron chi connectivity index (χ1n) is 5.95. The van der Waals surface area contributed by atoms with Gasteiger partial charge in [-0.2, -0.15) is 13.2 Å². The topological polar surface area (TPSA) is 74.7 Å². The maximum absolute atomic E-state index is 12.4. The molecule has 0 aliphatic carbocycles. The number of benzene rings is 1. The van der Waals surface area contributed by atoms with Crippen molar-refractivity contribution < 1.29 is 32.7 Å². The van der Waals surface area contributed by atoms with Crippen LogP contribution in [-0.4, -0.2) is 40.4 Å². The first-order valence-corrected chi connectivity index (χ1v) is 5.95. The number of nitrogens with zero attached hydrogens (tertiary/aromatic N) is 1. The highest BCUT2D eigenvalue weighted by Gasteiger charge is 2.43. The summed E-state index contributed by atoms with van der Waals surface area (Å²) in [6.45, 7) is -0.369. The number of alkyl halides is 3. The molecule has 8 heteroatoms. The van der Waals surface area contributed by atoms with Crippen LogP contribution >= 0.6 is 0 Å². The number of carboxylic acid groups (broad SMARTS) is 1. The predicted molar refractivity (Wildman–Crippen MR) is 63.6 cm³/mol. The molecule has 0 saturated carbocycles. The molecule has 0 saturated heterocycles. The minimum atomic E-state index is -4.95. The quantitative estimate of drug-likeness (QED) is 0.662. The summed E-state index contributed by atoms with van der Waals surface area (Å²) in [5.74, 6) is -4.73. The number of carbonyl (C=O) groups excluding carboxylic acids is 2. The van der Waals surface area contributed by atoms with E-state index in [9.17, 15) is 27.6 Å². The van der Waals surface area contributed by atoms with E-state index in [0.717, 1.165) is 0 Å². The summed E-state index contributed by atoms with van der Waals surface area (Å²) in [5, 5.41) is 8.62. The van der Waals surface area contributed by atoms with Crippen LogP contribution in [0, 0.1) is 0 Å². The number of hydrogen-bond acceptors (Lipinski definition) is 3. The van der Waals surface area contributed by atoms with Crippen molar-refractivity contribution in [1.29, 1.82) is 0 Å². The number of Topliss-reactive ketones (excluding diaryl/α,β-unsaturated/α-hetero) is 1. The fourth-order valence-corrected chi connectivity index (χ4v) is 2.17. The Labute approximate surface area is 117 Å². The van der Waals surface area contributed by atoms with E-state index in [1.165, 1.54) is 18.2 Å². The van der Waals surface area contributed by atoms with E-state index in [1.54, 1.807) is 0 Å². The molecule has 0 unspecified atom stereocenters. The first kappa shape index (κ1) is 15.0. The molecule has 1 N–H and O–H groups in total. The summed E-state index contributed by atoms with van der Waals surface area (Å²) >= 11 is 0. The monoisotopic (exact) mass is 301 g/mol. The second-order valence-electron chi connectivity index (χ2n) is 4.59. The zero-order chi connectivity index (χ0) is 15.8. The summed E-state index contributed by atoms with van der Waals surface area (Å²) < 4.78 is 37.2. The van der Waals surface area contributed by atoms with Gasteiger partial charge in [0.15, 0.2) is 0 Å². The molecule has 21 heavy (non-hydrogen) atoms. The molecule has 0 fully saturated rings. The lowest BCUT2D eigenvalue weighted by molar-refractivity contribution is -0.186. The van der Waals surface area contributed by atoms with Crippen LogP contribution in [0.4, 0.5) is 13.2 Å². The van der Waals surface area contributed by atoms with Crippen molar-refractivity contribution >= 4 is 17.7 Å². The lowest BCUT2D eigenvalue weighted by atomic mass is 9.96. The summed E-state index contributed by atoms with van der Waals surface area (Å²) in [6.07, 6.45) is -4.73. The molecule has 1 aliphatic rings. The summed E-state index contributed by atoms with van der Waals surface area (Å²) in [4.78, 5) is 33.8. The van der Waals surface area contributed by atoms with Crippen LogP contribution in [0.3, 0.4) is 0 Å². The van der Waals surface area contributed by atoms with Crippen molar-refractivity contribution in [1.82, 2.24) is 4.90 Å². The van der Waals surface area contributed by atoms with Crippen LogP contribution in [0.2, 0.25) is 0 Å². The first-order chi connectivity index (χ1) is 9.70. The van der Waals surface area contributed by atoms with E-state index in [2.05, 4.69) is 0 Å². The lowest BCUT2D eigenvalue weighted by Gasteiger charge is -2.29. The minimum absolute atomic E-state index is 0.0719. The number of hydrogen-bond donors (Lipinski definition) is 1. The molecule has 1 aromatic rings. The third-order valence-electron chi connectivity index (χ3n) is 3.20. The molecule has 0 aromatic heterocycles. The average Bonchev–Trinajstić information content (AvgIpc) is 2.43. The Morgan fingerprint density at radius 1 is 1.14 bits per heavy atom. The molecule has 1 aliphatic heterocycles. The van der Waals surface area contributed by atoms with Gasteiger partial charge in [-0.15, -0.1) is 0 Å². The Morgan fingerprint density at radius 2 is 1.81 bits per heavy atom. The Morgan fingerprint density at radius 3 is 2.38 bits per heavy atom. The van der Waals surface area contributed by atoms with Gasteiger partial charge < -0.3 is 10.0 Å². The number of carbonyl (C=O) groups is 3. The smallest absolute Gasteiger partial charge is 0.471 e. The number of fused-ring (bicyclic) bond motifs is 1. The van der Waals surface area contributed by atoms with E-state index < -0.39 is 23.8 Å². The Bertz CT molecular complexity index is 624. The van der Waals surface area contributed by atoms with Gasteiger partial charge in [-0.25, -0.2) is 4.79 Å². The highest BCUT2D eigenvalue weighted by Crippen LogP contribution is 2.25. The van der Waals surface area contributed by atoms with Crippen molar-refractivity contribution in [2.75, 3.05) is 6.54 Å². The number of rotatable bonds is 2. The van der Waals surface area contributed by atoms with Crippen LogP contribution in [0.1, 0.15) is 21.5 Å². The number of amides is 1. The zero-order valence-corrected chi connectivity index (χ0v) is 10.6. The standard InChI is InChI=1S/C13H10F3NO4/c14-13(15,16)12(21)17-4-3-7-1-2-8(5-9(7)6-17)10(18)11(19)20/h1-2,5H,3-4,6H2,(H,19,20). The number of halogens is 3. The summed E-state index contributed by atoms with van der Waals surface area (Å²) in [6, 6.07) is 4.04. The lowest BCUT2D eigenvalue weighted by Crippen LogP contribution is -2.43. The van der Waals surface area contributed by atoms with E-state index in [1.807, 2.05) is 0 Å². The second-order valence-corrected chi connectivity index (χ2v) is 4.59. The van der Waals surface area contributed by atoms with Crippen LogP contribution < -0.4 is 0 Å². The Balaban J connectivity index is 2.27. The molecule has 0 bridgehead atoms. The van der Waals surface area contributed by atoms with E-state index in [4.69, 9.17) is 5.11 Å². The van der Waals surface area contributed by atoms with Crippen LogP contribution in [0.15, 0.2) is 18.2 Å². The molecular formula is C13H10F3NO4. The van der Waals surface area contributed by atoms with E-state index in [-0.39, 0.29) is 25.1 Å². The number of aliphatic carboxylic acids is 1. The largest absolute Gasteiger partial charge is 0.475 e. The molecule has 1 heterocycles. The van der Waals surface area contributed by atoms with Crippen LogP contribution in [0.5, 0.6) is 0 Å². The van der Waals surface area contributed by atoms with Crippen LogP contribution in [-0.2, 0) is 22.6 Å². The maximum atomic E-state index is 12.4. The molecule has 112 valence electrons. The summed E-state index contributed by atoms with van der Waals surface area (Å²) in [7, 11) is 0. The molecule has 1 aromatic carbocycles. The Kier molecular flexibility index (Phi) is 3.71. The van der Waals surface area contributed by atoms with Gasteiger partial charge >= 0.3 is 18.1 Å². The maximum Gasteiger partial charge on any atom is 0.471 e. The van der Waals surface area contributed by atoms with Crippen molar-refractivity contribution in [3.05, 3.63) is 34.9 Å². The number of carboxylic acids is 1. The third kappa shape index (κ3) is 3.04. The van der Waals surface area contributed by atoms with Gasteiger partial charge in [0, 0.05) is 18.7 Å². The molecule has 0 spiro atoms. The fourth-order valence-electron chi connectivity index (χ4n) is 2.17. The van der Waals surface area contributed by atoms with E-state index in [0.29, 0.717) is 16.0 Å². The van der Waals surface area contributed by atoms with E-state index >= 15 is 0 Å². The molecule has 0 atom stereocenters. The van der Waals surface area contributed by atoms with Crippen molar-refractivity contribution in [2.24, 2.45) is 0 Å². The van der Waals surface area contributed by atoms with Gasteiger partial charge in [-0.3, -0.25) is 9.59 Å². The molecule has 5 nitrogen and oxygen atoms in total. The van der Waals surface area contributed by atoms with Gasteiger partial charge in [-0.1, -0.05) is 12.1 Å². The highest BCUT2D eigenvalue weighted by atomic mass is 19.4. The molecule has 1 amide bonds. The number of ketones is 1. The SMILES string of the molecule is O=C(O)C(=O)c1ccc2c(c1)CN(C(=O)C(F)(F)F)CC2. The highest BCUT2D eigenvalue weighted by molar-refractivity contribution is 6.39. The van der Waals surface area contributed by atoms with Gasteiger partial charge in [0.25, 0.3) is 5.78 Å². The van der Waals surface area contributed by atoms with Crippen molar-refractivity contribution in [2.45, 2.75) is 19.1 Å². The van der Waals surface area contributed by atoms with Gasteiger partial charge in [0.1, 0.15) is 0 Å². The summed E-state index contributed by atoms with van der Waals surface area (Å²) in [5.41, 5.74) is 0.927. The fraction of sp³-hybridized carbons (Fsp3) is 0.308. The van der Waals surface area contributed by atoms with Crippen molar-refractivity contribution in [3.8, 4) is 0 Å². The molecular weight excluding hydrogens is 291 g/mol. The Hall–Kier alpha value is -2.38. The van der Waals surface area contributed by atoms with Gasteiger partial charge in [-0.05, 0) is 23.6 Å². The van der Waals surface area contributed by atoms with Gasteiger partial charge in [0.05, 0.1) is 0 Å². The normalized spacial score (nSPS) is 14.5. The third-order valence-corrected chi connectivity index (χ3v) is 3.20. The van der Waals surface area contributed by atoms with Crippen LogP contribution in [0.25, 0.3) is 0 Å².